The van der Waals surface area contributed by atoms with E-state index < -0.39 is 5.97 Å². The lowest BCUT2D eigenvalue weighted by atomic mass is 10.3. The minimum absolute atomic E-state index is 0.0780. The van der Waals surface area contributed by atoms with E-state index in [1.165, 1.54) is 6.07 Å². The number of aromatic nitrogens is 1. The third-order valence-corrected chi connectivity index (χ3v) is 1.82. The van der Waals surface area contributed by atoms with Crippen LogP contribution >= 0.6 is 12.6 Å². The van der Waals surface area contributed by atoms with Crippen molar-refractivity contribution in [2.24, 2.45) is 0 Å². The first-order valence-electron chi connectivity index (χ1n) is 3.96. The molecule has 0 atom stereocenters. The van der Waals surface area contributed by atoms with Crippen LogP contribution in [0, 0.1) is 11.3 Å². The van der Waals surface area contributed by atoms with E-state index in [2.05, 4.69) is 17.6 Å². The zero-order valence-electron chi connectivity index (χ0n) is 7.52. The molecule has 0 fully saturated rings. The van der Waals surface area contributed by atoms with Gasteiger partial charge in [0.15, 0.2) is 5.69 Å². The van der Waals surface area contributed by atoms with Gasteiger partial charge in [0.2, 0.25) is 0 Å². The van der Waals surface area contributed by atoms with E-state index in [1.807, 2.05) is 6.07 Å². The van der Waals surface area contributed by atoms with E-state index in [4.69, 9.17) is 10.00 Å². The number of thiol groups is 1. The molecular weight excluding hydrogens is 200 g/mol. The smallest absolute Gasteiger partial charge is 0.358 e. The molecule has 0 radical (unpaired) electrons. The van der Waals surface area contributed by atoms with Gasteiger partial charge in [-0.2, -0.15) is 5.26 Å². The standard InChI is InChI=1S/C9H8N2O2S/c1-2-13-9(12)8-7(14)4-3-6(5-10)11-8/h3-4,14H,2H2,1H3. The number of hydrogen-bond acceptors (Lipinski definition) is 5. The lowest BCUT2D eigenvalue weighted by Gasteiger charge is -2.03. The molecule has 0 saturated carbocycles. The van der Waals surface area contributed by atoms with E-state index in [0.717, 1.165) is 0 Å². The van der Waals surface area contributed by atoms with Gasteiger partial charge in [-0.05, 0) is 19.1 Å². The Kier molecular flexibility index (Phi) is 3.48. The van der Waals surface area contributed by atoms with E-state index in [-0.39, 0.29) is 18.0 Å². The third-order valence-electron chi connectivity index (χ3n) is 1.46. The minimum atomic E-state index is -0.561. The van der Waals surface area contributed by atoms with Crippen LogP contribution in [0.2, 0.25) is 0 Å². The molecule has 0 aliphatic rings. The van der Waals surface area contributed by atoms with Gasteiger partial charge < -0.3 is 4.74 Å². The van der Waals surface area contributed by atoms with Gasteiger partial charge in [0.05, 0.1) is 6.61 Å². The van der Waals surface area contributed by atoms with Gasteiger partial charge >= 0.3 is 5.97 Å². The molecule has 0 bridgehead atoms. The normalized spacial score (nSPS) is 9.21. The highest BCUT2D eigenvalue weighted by molar-refractivity contribution is 7.80. The maximum Gasteiger partial charge on any atom is 0.358 e. The summed E-state index contributed by atoms with van der Waals surface area (Å²) in [5.74, 6) is -0.561. The second-order valence-electron chi connectivity index (χ2n) is 2.40. The molecule has 1 rings (SSSR count). The summed E-state index contributed by atoms with van der Waals surface area (Å²) in [5.41, 5.74) is 0.250. The Hall–Kier alpha value is -1.54. The first kappa shape index (κ1) is 10.5. The van der Waals surface area contributed by atoms with Crippen molar-refractivity contribution in [2.45, 2.75) is 11.8 Å². The molecule has 1 heterocycles. The molecular formula is C9H8N2O2S. The molecule has 1 aromatic heterocycles. The molecule has 0 aliphatic carbocycles. The van der Waals surface area contributed by atoms with Gasteiger partial charge in [-0.25, -0.2) is 9.78 Å². The molecule has 0 aliphatic heterocycles. The Balaban J connectivity index is 3.07. The first-order chi connectivity index (χ1) is 6.69. The van der Waals surface area contributed by atoms with Gasteiger partial charge in [-0.15, -0.1) is 12.6 Å². The predicted molar refractivity (Wildman–Crippen MR) is 52.2 cm³/mol. The summed E-state index contributed by atoms with van der Waals surface area (Å²) in [4.78, 5) is 15.5. The highest BCUT2D eigenvalue weighted by Gasteiger charge is 2.12. The monoisotopic (exact) mass is 208 g/mol. The molecule has 4 nitrogen and oxygen atoms in total. The molecule has 72 valence electrons. The van der Waals surface area contributed by atoms with Crippen molar-refractivity contribution in [3.8, 4) is 6.07 Å². The highest BCUT2D eigenvalue weighted by Crippen LogP contribution is 2.12. The summed E-state index contributed by atoms with van der Waals surface area (Å²) in [6.07, 6.45) is 0. The Labute approximate surface area is 86.9 Å². The quantitative estimate of drug-likeness (QED) is 0.589. The maximum atomic E-state index is 11.3. The number of ether oxygens (including phenoxy) is 1. The van der Waals surface area contributed by atoms with Gasteiger partial charge in [-0.3, -0.25) is 0 Å². The van der Waals surface area contributed by atoms with Crippen LogP contribution < -0.4 is 0 Å². The van der Waals surface area contributed by atoms with Crippen molar-refractivity contribution in [3.63, 3.8) is 0 Å². The van der Waals surface area contributed by atoms with E-state index in [0.29, 0.717) is 4.90 Å². The Morgan fingerprint density at radius 2 is 2.43 bits per heavy atom. The predicted octanol–water partition coefficient (Wildman–Crippen LogP) is 1.42. The van der Waals surface area contributed by atoms with Crippen molar-refractivity contribution in [3.05, 3.63) is 23.5 Å². The first-order valence-corrected chi connectivity index (χ1v) is 4.41. The molecule has 0 N–H and O–H groups in total. The number of esters is 1. The van der Waals surface area contributed by atoms with E-state index >= 15 is 0 Å². The van der Waals surface area contributed by atoms with Crippen LogP contribution in [0.1, 0.15) is 23.1 Å². The van der Waals surface area contributed by atoms with Crippen LogP contribution in [0.4, 0.5) is 0 Å². The number of hydrogen-bond donors (Lipinski definition) is 1. The van der Waals surface area contributed by atoms with E-state index in [9.17, 15) is 4.79 Å². The summed E-state index contributed by atoms with van der Waals surface area (Å²) in [6, 6.07) is 4.87. The maximum absolute atomic E-state index is 11.3. The summed E-state index contributed by atoms with van der Waals surface area (Å²) in [6.45, 7) is 1.97. The molecule has 14 heavy (non-hydrogen) atoms. The summed E-state index contributed by atoms with van der Waals surface area (Å²) >= 11 is 4.04. The van der Waals surface area contributed by atoms with Crippen molar-refractivity contribution < 1.29 is 9.53 Å². The van der Waals surface area contributed by atoms with Crippen LogP contribution in [-0.2, 0) is 4.74 Å². The van der Waals surface area contributed by atoms with Gasteiger partial charge in [0, 0.05) is 4.90 Å². The average molecular weight is 208 g/mol. The largest absolute Gasteiger partial charge is 0.461 e. The lowest BCUT2D eigenvalue weighted by molar-refractivity contribution is 0.0515. The zero-order valence-corrected chi connectivity index (χ0v) is 8.41. The van der Waals surface area contributed by atoms with E-state index in [1.54, 1.807) is 13.0 Å². The number of carbonyl (C=O) groups is 1. The molecule has 0 amide bonds. The molecule has 1 aromatic rings. The van der Waals surface area contributed by atoms with Gasteiger partial charge in [0.1, 0.15) is 11.8 Å². The molecule has 0 saturated heterocycles. The third kappa shape index (κ3) is 2.24. The average Bonchev–Trinajstić information content (AvgIpc) is 2.19. The van der Waals surface area contributed by atoms with Crippen molar-refractivity contribution in [1.29, 1.82) is 5.26 Å². The van der Waals surface area contributed by atoms with Crippen molar-refractivity contribution in [1.82, 2.24) is 4.98 Å². The zero-order chi connectivity index (χ0) is 10.6. The highest BCUT2D eigenvalue weighted by atomic mass is 32.1. The van der Waals surface area contributed by atoms with Crippen molar-refractivity contribution in [2.75, 3.05) is 6.61 Å². The number of nitrogens with zero attached hydrogens (tertiary/aromatic N) is 2. The van der Waals surface area contributed by atoms with Gasteiger partial charge in [0.25, 0.3) is 0 Å². The Morgan fingerprint density at radius 3 is 3.00 bits per heavy atom. The van der Waals surface area contributed by atoms with Crippen LogP contribution in [0.15, 0.2) is 17.0 Å². The lowest BCUT2D eigenvalue weighted by Crippen LogP contribution is -2.08. The number of nitriles is 1. The summed E-state index contributed by atoms with van der Waals surface area (Å²) in [5, 5.41) is 8.58. The molecule has 0 aromatic carbocycles. The Morgan fingerprint density at radius 1 is 1.71 bits per heavy atom. The fourth-order valence-corrected chi connectivity index (χ4v) is 1.08. The second kappa shape index (κ2) is 4.63. The van der Waals surface area contributed by atoms with Gasteiger partial charge in [-0.1, -0.05) is 0 Å². The molecule has 5 heteroatoms. The Bertz CT molecular complexity index is 398. The van der Waals surface area contributed by atoms with Crippen LogP contribution in [0.3, 0.4) is 0 Å². The molecule has 0 unspecified atom stereocenters. The molecule has 0 spiro atoms. The fraction of sp³-hybridized carbons (Fsp3) is 0.222. The number of rotatable bonds is 2. The number of pyridine rings is 1. The minimum Gasteiger partial charge on any atom is -0.461 e. The van der Waals surface area contributed by atoms with Crippen LogP contribution in [0.5, 0.6) is 0 Å². The summed E-state index contributed by atoms with van der Waals surface area (Å²) in [7, 11) is 0. The van der Waals surface area contributed by atoms with Crippen molar-refractivity contribution >= 4 is 18.6 Å². The van der Waals surface area contributed by atoms with Crippen LogP contribution in [0.25, 0.3) is 0 Å². The van der Waals surface area contributed by atoms with Crippen LogP contribution in [-0.4, -0.2) is 17.6 Å². The summed E-state index contributed by atoms with van der Waals surface area (Å²) < 4.78 is 4.75. The second-order valence-corrected chi connectivity index (χ2v) is 2.88. The fourth-order valence-electron chi connectivity index (χ4n) is 0.864. The number of carbonyl (C=O) groups excluding carboxylic acids is 1. The topological polar surface area (TPSA) is 63.0 Å². The SMILES string of the molecule is CCOC(=O)c1nc(C#N)ccc1S.